The summed E-state index contributed by atoms with van der Waals surface area (Å²) in [6.45, 7) is 5.60. The van der Waals surface area contributed by atoms with E-state index in [2.05, 4.69) is 15.5 Å². The molecule has 10 heteroatoms. The molecule has 1 aromatic carbocycles. The van der Waals surface area contributed by atoms with Crippen LogP contribution in [0.3, 0.4) is 0 Å². The molecule has 1 aromatic rings. The molecule has 1 unspecified atom stereocenters. The standard InChI is InChI=1S/C24H26F3N3O3S.CH4/c1-4-23(13-6-5-7-15(10-13)34(32,33)14-8-9-14)18-16(11-22(2,3)12-17(18)31)28-21-19(23)20(29-30-21)24(25,26)27;/h5-7,10,14,21,28H,4,8-9,11-12H2,1-3H3;1H4/t21?,23-;/m0./s1. The van der Waals surface area contributed by atoms with Gasteiger partial charge in [0.25, 0.3) is 0 Å². The van der Waals surface area contributed by atoms with Gasteiger partial charge in [-0.2, -0.15) is 18.3 Å². The second-order valence-electron chi connectivity index (χ2n) is 10.3. The van der Waals surface area contributed by atoms with Crippen LogP contribution in [0, 0.1) is 5.41 Å². The number of halogens is 3. The van der Waals surface area contributed by atoms with Gasteiger partial charge in [-0.3, -0.25) is 4.79 Å². The molecule has 35 heavy (non-hydrogen) atoms. The summed E-state index contributed by atoms with van der Waals surface area (Å²) in [5.74, 6) is -0.240. The third kappa shape index (κ3) is 3.84. The third-order valence-corrected chi connectivity index (χ3v) is 9.55. The normalized spacial score (nSPS) is 27.8. The summed E-state index contributed by atoms with van der Waals surface area (Å²) in [6, 6.07) is 6.10. The Morgan fingerprint density at radius 3 is 2.46 bits per heavy atom. The van der Waals surface area contributed by atoms with Gasteiger partial charge in [-0.1, -0.05) is 40.3 Å². The number of sulfone groups is 1. The highest BCUT2D eigenvalue weighted by atomic mass is 32.2. The lowest BCUT2D eigenvalue weighted by Crippen LogP contribution is -2.52. The van der Waals surface area contributed by atoms with Gasteiger partial charge in [0.1, 0.15) is 0 Å². The van der Waals surface area contributed by atoms with Crippen LogP contribution in [0.4, 0.5) is 13.2 Å². The maximum atomic E-state index is 14.1. The van der Waals surface area contributed by atoms with Crippen LogP contribution in [0.1, 0.15) is 65.9 Å². The molecule has 0 spiro atoms. The minimum absolute atomic E-state index is 0. The molecule has 4 aliphatic rings. The number of ketones is 1. The molecule has 6 nitrogen and oxygen atoms in total. The zero-order valence-corrected chi connectivity index (χ0v) is 20.0. The highest BCUT2D eigenvalue weighted by molar-refractivity contribution is 7.92. The lowest BCUT2D eigenvalue weighted by molar-refractivity contribution is -0.119. The van der Waals surface area contributed by atoms with E-state index in [0.717, 1.165) is 0 Å². The van der Waals surface area contributed by atoms with Crippen LogP contribution in [-0.2, 0) is 20.0 Å². The van der Waals surface area contributed by atoms with E-state index in [-0.39, 0.29) is 47.5 Å². The van der Waals surface area contributed by atoms with E-state index >= 15 is 0 Å². The van der Waals surface area contributed by atoms with Crippen LogP contribution < -0.4 is 5.32 Å². The summed E-state index contributed by atoms with van der Waals surface area (Å²) in [5.41, 5.74) is -1.91. The number of fused-ring (bicyclic) bond motifs is 1. The van der Waals surface area contributed by atoms with Gasteiger partial charge in [-0.15, -0.1) is 5.11 Å². The largest absolute Gasteiger partial charge is 0.435 e. The van der Waals surface area contributed by atoms with Crippen molar-refractivity contribution in [3.63, 3.8) is 0 Å². The van der Waals surface area contributed by atoms with E-state index in [1.54, 1.807) is 19.1 Å². The number of carbonyl (C=O) groups is 1. The summed E-state index contributed by atoms with van der Waals surface area (Å²) >= 11 is 0. The zero-order valence-electron chi connectivity index (χ0n) is 19.2. The number of allylic oxidation sites excluding steroid dienone is 3. The van der Waals surface area contributed by atoms with Crippen LogP contribution >= 0.6 is 0 Å². The van der Waals surface area contributed by atoms with Gasteiger partial charge in [0.15, 0.2) is 27.5 Å². The summed E-state index contributed by atoms with van der Waals surface area (Å²) in [5, 5.41) is 10.0. The molecule has 2 atom stereocenters. The number of rotatable bonds is 4. The molecule has 0 bridgehead atoms. The van der Waals surface area contributed by atoms with Crippen molar-refractivity contribution in [2.24, 2.45) is 15.6 Å². The number of hydrogen-bond acceptors (Lipinski definition) is 6. The fourth-order valence-corrected chi connectivity index (χ4v) is 7.42. The van der Waals surface area contributed by atoms with Crippen molar-refractivity contribution in [2.45, 2.75) is 88.2 Å². The number of hydrogen-bond donors (Lipinski definition) is 1. The predicted octanol–water partition coefficient (Wildman–Crippen LogP) is 5.76. The zero-order chi connectivity index (χ0) is 24.7. The smallest absolute Gasteiger partial charge is 0.362 e. The maximum absolute atomic E-state index is 14.1. The summed E-state index contributed by atoms with van der Waals surface area (Å²) < 4.78 is 68.3. The highest BCUT2D eigenvalue weighted by Crippen LogP contribution is 2.56. The highest BCUT2D eigenvalue weighted by Gasteiger charge is 2.57. The van der Waals surface area contributed by atoms with Gasteiger partial charge in [-0.05, 0) is 48.8 Å². The fourth-order valence-electron chi connectivity index (χ4n) is 5.72. The monoisotopic (exact) mass is 509 g/mol. The average molecular weight is 510 g/mol. The fraction of sp³-hybridized carbons (Fsp3) is 0.560. The van der Waals surface area contributed by atoms with Crippen molar-refractivity contribution in [2.75, 3.05) is 0 Å². The van der Waals surface area contributed by atoms with E-state index in [1.807, 2.05) is 13.8 Å². The molecule has 2 aliphatic heterocycles. The topological polar surface area (TPSA) is 88.0 Å². The molecular weight excluding hydrogens is 479 g/mol. The van der Waals surface area contributed by atoms with Gasteiger partial charge >= 0.3 is 6.18 Å². The average Bonchev–Trinajstić information content (AvgIpc) is 3.51. The summed E-state index contributed by atoms with van der Waals surface area (Å²) in [7, 11) is -3.59. The number of nitrogens with zero attached hydrogens (tertiary/aromatic N) is 2. The number of alkyl halides is 3. The van der Waals surface area contributed by atoms with Crippen LogP contribution in [0.25, 0.3) is 0 Å². The van der Waals surface area contributed by atoms with Crippen molar-refractivity contribution in [1.29, 1.82) is 0 Å². The molecule has 2 aliphatic carbocycles. The first-order chi connectivity index (χ1) is 15.8. The molecule has 0 aromatic heterocycles. The van der Waals surface area contributed by atoms with Crippen molar-refractivity contribution in [1.82, 2.24) is 5.32 Å². The van der Waals surface area contributed by atoms with Crippen molar-refractivity contribution in [3.8, 4) is 0 Å². The van der Waals surface area contributed by atoms with Crippen LogP contribution in [0.15, 0.2) is 61.9 Å². The van der Waals surface area contributed by atoms with Gasteiger partial charge in [0.05, 0.1) is 15.6 Å². The predicted molar refractivity (Wildman–Crippen MR) is 125 cm³/mol. The first-order valence-electron chi connectivity index (χ1n) is 11.4. The van der Waals surface area contributed by atoms with E-state index in [9.17, 15) is 26.4 Å². The molecule has 0 saturated heterocycles. The van der Waals surface area contributed by atoms with Gasteiger partial charge in [-0.25, -0.2) is 8.42 Å². The molecule has 1 saturated carbocycles. The van der Waals surface area contributed by atoms with Crippen LogP contribution in [0.2, 0.25) is 0 Å². The van der Waals surface area contributed by atoms with Gasteiger partial charge in [0, 0.05) is 23.3 Å². The molecule has 1 N–H and O–H groups in total. The van der Waals surface area contributed by atoms with Crippen molar-refractivity contribution < 1.29 is 26.4 Å². The van der Waals surface area contributed by atoms with Crippen LogP contribution in [0.5, 0.6) is 0 Å². The number of nitrogens with one attached hydrogen (secondary N) is 1. The molecule has 190 valence electrons. The molecular formula is C25H30F3N3O3S. The Hall–Kier alpha value is -2.49. The Morgan fingerprint density at radius 1 is 1.17 bits per heavy atom. The SMILES string of the molecule is C.CC[C@]1(c2cccc(S(=O)(=O)C3CC3)c2)C2=C(CC(C)(C)CC2=O)NC2N=NC(C(F)(F)F)=C21. The molecule has 1 fully saturated rings. The third-order valence-electron chi connectivity index (χ3n) is 7.29. The minimum atomic E-state index is -4.78. The minimum Gasteiger partial charge on any atom is -0.362 e. The van der Waals surface area contributed by atoms with E-state index in [4.69, 9.17) is 0 Å². The second-order valence-corrected chi connectivity index (χ2v) is 12.6. The Balaban J connectivity index is 0.00000289. The van der Waals surface area contributed by atoms with Gasteiger partial charge < -0.3 is 5.32 Å². The Labute approximate surface area is 203 Å². The van der Waals surface area contributed by atoms with E-state index in [0.29, 0.717) is 30.5 Å². The van der Waals surface area contributed by atoms with E-state index < -0.39 is 38.5 Å². The Bertz CT molecular complexity index is 1290. The summed E-state index contributed by atoms with van der Waals surface area (Å²) in [6.07, 6.45) is -3.92. The molecule has 5 rings (SSSR count). The summed E-state index contributed by atoms with van der Waals surface area (Å²) in [4.78, 5) is 13.6. The number of Topliss-reactive ketones (excluding diaryl/α,β-unsaturated/α-hetero) is 1. The lowest BCUT2D eigenvalue weighted by Gasteiger charge is -2.48. The molecule has 0 radical (unpaired) electrons. The Morgan fingerprint density at radius 2 is 1.86 bits per heavy atom. The quantitative estimate of drug-likeness (QED) is 0.559. The second kappa shape index (κ2) is 8.01. The number of azo groups is 1. The van der Waals surface area contributed by atoms with Crippen molar-refractivity contribution in [3.05, 3.63) is 52.4 Å². The molecule has 2 heterocycles. The van der Waals surface area contributed by atoms with E-state index in [1.165, 1.54) is 12.1 Å². The lowest BCUT2D eigenvalue weighted by atomic mass is 9.58. The maximum Gasteiger partial charge on any atom is 0.435 e. The first kappa shape index (κ1) is 25.6. The Kier molecular flexibility index (Phi) is 5.86. The van der Waals surface area contributed by atoms with Crippen molar-refractivity contribution >= 4 is 15.6 Å². The van der Waals surface area contributed by atoms with Gasteiger partial charge in [0.2, 0.25) is 0 Å². The first-order valence-corrected chi connectivity index (χ1v) is 13.0. The number of benzene rings is 1. The number of carbonyl (C=O) groups excluding carboxylic acids is 1. The molecule has 0 amide bonds. The van der Waals surface area contributed by atoms with Crippen LogP contribution in [-0.4, -0.2) is 31.8 Å².